The zero-order valence-electron chi connectivity index (χ0n) is 12.8. The van der Waals surface area contributed by atoms with Gasteiger partial charge in [-0.3, -0.25) is 0 Å². The van der Waals surface area contributed by atoms with Gasteiger partial charge in [0.25, 0.3) is 0 Å². The number of ether oxygens (including phenoxy) is 1. The molecule has 7 heteroatoms. The Kier molecular flexibility index (Phi) is 5.43. The van der Waals surface area contributed by atoms with Crippen molar-refractivity contribution in [2.45, 2.75) is 58.5 Å². The van der Waals surface area contributed by atoms with Gasteiger partial charge >= 0.3 is 6.09 Å². The van der Waals surface area contributed by atoms with E-state index in [1.165, 1.54) is 6.42 Å². The van der Waals surface area contributed by atoms with Gasteiger partial charge in [0.1, 0.15) is 18.8 Å². The maximum atomic E-state index is 12.5. The summed E-state index contributed by atoms with van der Waals surface area (Å²) in [6, 6.07) is 0. The Hall–Kier alpha value is -0.0600. The number of carbonyl (C=O) groups excluding carboxylic acids is 1. The molecule has 0 N–H and O–H groups in total. The van der Waals surface area contributed by atoms with E-state index in [0.717, 1.165) is 26.1 Å². The largest absolute Gasteiger partial charge is 0.442 e. The van der Waals surface area contributed by atoms with E-state index in [0.29, 0.717) is 12.5 Å². The van der Waals surface area contributed by atoms with Crippen LogP contribution in [0.3, 0.4) is 0 Å². The van der Waals surface area contributed by atoms with Crippen LogP contribution in [0, 0.1) is 7.40 Å². The lowest BCUT2D eigenvalue weighted by atomic mass is 9.85. The number of hydrogen-bond donors (Lipinski definition) is 0. The van der Waals surface area contributed by atoms with Crippen LogP contribution in [0.2, 0.25) is 0 Å². The van der Waals surface area contributed by atoms with Crippen LogP contribution in [-0.2, 0) is 4.74 Å². The van der Waals surface area contributed by atoms with Gasteiger partial charge in [-0.1, -0.05) is 6.42 Å². The monoisotopic (exact) mass is 517 g/mol. The summed E-state index contributed by atoms with van der Waals surface area (Å²) in [7, 11) is 0. The molecule has 1 saturated carbocycles. The van der Waals surface area contributed by atoms with E-state index in [-0.39, 0.29) is 6.09 Å². The van der Waals surface area contributed by atoms with Crippen molar-refractivity contribution in [2.24, 2.45) is 0 Å². The first-order valence-electron chi connectivity index (χ1n) is 7.19. The third-order valence-corrected chi connectivity index (χ3v) is 6.15. The van der Waals surface area contributed by atoms with Gasteiger partial charge in [0.15, 0.2) is 0 Å². The van der Waals surface area contributed by atoms with Gasteiger partial charge in [0, 0.05) is 12.5 Å². The molecule has 1 aliphatic rings. The predicted molar refractivity (Wildman–Crippen MR) is 99.2 cm³/mol. The Balaban J connectivity index is 2.35. The highest BCUT2D eigenvalue weighted by molar-refractivity contribution is 14.1. The van der Waals surface area contributed by atoms with Gasteiger partial charge in [-0.25, -0.2) is 19.5 Å². The lowest BCUT2D eigenvalue weighted by molar-refractivity contribution is 0.0536. The van der Waals surface area contributed by atoms with Crippen LogP contribution in [0.5, 0.6) is 0 Å². The highest BCUT2D eigenvalue weighted by atomic mass is 127. The first-order valence-corrected chi connectivity index (χ1v) is 9.34. The van der Waals surface area contributed by atoms with Gasteiger partial charge in [-0.15, -0.1) is 0 Å². The topological polar surface area (TPSA) is 47.4 Å². The fraction of sp³-hybridized carbons (Fsp3) is 0.714. The second-order valence-electron chi connectivity index (χ2n) is 6.19. The number of imidazole rings is 1. The molecule has 0 atom stereocenters. The Morgan fingerprint density at radius 3 is 2.48 bits per heavy atom. The summed E-state index contributed by atoms with van der Waals surface area (Å²) in [5.41, 5.74) is -0.500. The lowest BCUT2D eigenvalue weighted by Gasteiger charge is -2.32. The summed E-state index contributed by atoms with van der Waals surface area (Å²) in [4.78, 5) is 17.2. The number of amides is 1. The average molecular weight is 517 g/mol. The van der Waals surface area contributed by atoms with Crippen molar-refractivity contribution >= 4 is 51.3 Å². The minimum Gasteiger partial charge on any atom is -0.442 e. The van der Waals surface area contributed by atoms with E-state index < -0.39 is 5.60 Å². The molecule has 0 aromatic carbocycles. The summed E-state index contributed by atoms with van der Waals surface area (Å²) in [5, 5.41) is 1.65. The Morgan fingerprint density at radius 2 is 2.05 bits per heavy atom. The summed E-state index contributed by atoms with van der Waals surface area (Å²) in [6.07, 6.45) is 3.21. The average Bonchev–Trinajstić information content (AvgIpc) is 2.54. The molecule has 118 valence electrons. The predicted octanol–water partition coefficient (Wildman–Crippen LogP) is 4.25. The maximum absolute atomic E-state index is 12.5. The second kappa shape index (κ2) is 6.59. The number of carbonyl (C=O) groups is 1. The molecule has 2 rings (SSSR count). The molecule has 1 aromatic rings. The van der Waals surface area contributed by atoms with E-state index in [4.69, 9.17) is 4.74 Å². The Morgan fingerprint density at radius 1 is 1.43 bits per heavy atom. The lowest BCUT2D eigenvalue weighted by Crippen LogP contribution is -2.45. The van der Waals surface area contributed by atoms with Crippen molar-refractivity contribution in [1.29, 1.82) is 0 Å². The van der Waals surface area contributed by atoms with E-state index in [1.54, 1.807) is 5.01 Å². The minimum atomic E-state index is -0.500. The summed E-state index contributed by atoms with van der Waals surface area (Å²) in [5.74, 6) is 1.45. The smallest absolute Gasteiger partial charge is 0.429 e. The van der Waals surface area contributed by atoms with Crippen LogP contribution in [0.1, 0.15) is 58.7 Å². The van der Waals surface area contributed by atoms with Crippen molar-refractivity contribution in [3.63, 3.8) is 0 Å². The van der Waals surface area contributed by atoms with Gasteiger partial charge in [0.2, 0.25) is 0 Å². The molecular weight excluding hydrogens is 496 g/mol. The van der Waals surface area contributed by atoms with Crippen LogP contribution in [0.25, 0.3) is 0 Å². The Labute approximate surface area is 153 Å². The van der Waals surface area contributed by atoms with E-state index in [9.17, 15) is 4.79 Å². The molecule has 0 bridgehead atoms. The molecule has 1 amide bonds. The third-order valence-electron chi connectivity index (χ3n) is 3.40. The molecule has 0 unspecified atom stereocenters. The molecule has 1 aliphatic carbocycles. The van der Waals surface area contributed by atoms with Crippen LogP contribution in [0.4, 0.5) is 4.79 Å². The molecule has 1 aromatic heterocycles. The standard InChI is InChI=1S/C14H21I2N3O2/c1-5-18(13(20)21-14(2,3)4)19-11(16)10(15)17-12(19)9-7-6-8-9/h9H,5-8H2,1-4H3. The molecule has 0 aliphatic heterocycles. The zero-order chi connectivity index (χ0) is 15.8. The van der Waals surface area contributed by atoms with Crippen LogP contribution < -0.4 is 5.01 Å². The fourth-order valence-corrected chi connectivity index (χ4v) is 3.31. The molecule has 1 fully saturated rings. The SMILES string of the molecule is CCN(C(=O)OC(C)(C)C)n1c(C2CCC2)nc(I)c1I. The number of aromatic nitrogens is 2. The molecular formula is C14H21I2N3O2. The molecule has 5 nitrogen and oxygen atoms in total. The van der Waals surface area contributed by atoms with Gasteiger partial charge in [0.05, 0.1) is 0 Å². The first kappa shape index (κ1) is 17.3. The number of hydrogen-bond acceptors (Lipinski definition) is 3. The maximum Gasteiger partial charge on any atom is 0.429 e. The number of halogens is 2. The summed E-state index contributed by atoms with van der Waals surface area (Å²) >= 11 is 4.48. The summed E-state index contributed by atoms with van der Waals surface area (Å²) in [6.45, 7) is 8.16. The fourth-order valence-electron chi connectivity index (χ4n) is 2.21. The van der Waals surface area contributed by atoms with Crippen LogP contribution in [0.15, 0.2) is 0 Å². The molecule has 0 spiro atoms. The van der Waals surface area contributed by atoms with Crippen LogP contribution >= 0.6 is 45.2 Å². The van der Waals surface area contributed by atoms with E-state index in [2.05, 4.69) is 50.2 Å². The second-order valence-corrected chi connectivity index (χ2v) is 8.23. The Bertz CT molecular complexity index is 533. The van der Waals surface area contributed by atoms with Crippen molar-refractivity contribution in [2.75, 3.05) is 11.6 Å². The third kappa shape index (κ3) is 3.83. The first-order chi connectivity index (χ1) is 9.74. The van der Waals surface area contributed by atoms with Crippen LogP contribution in [-0.4, -0.2) is 27.9 Å². The van der Waals surface area contributed by atoms with E-state index in [1.807, 2.05) is 32.4 Å². The minimum absolute atomic E-state index is 0.322. The van der Waals surface area contributed by atoms with Gasteiger partial charge in [-0.2, -0.15) is 0 Å². The number of nitrogens with zero attached hydrogens (tertiary/aromatic N) is 3. The number of rotatable bonds is 3. The highest BCUT2D eigenvalue weighted by Gasteiger charge is 2.32. The molecule has 0 saturated heterocycles. The molecule has 0 radical (unpaired) electrons. The van der Waals surface area contributed by atoms with Crippen molar-refractivity contribution < 1.29 is 9.53 Å². The van der Waals surface area contributed by atoms with Gasteiger partial charge in [-0.05, 0) is 85.7 Å². The quantitative estimate of drug-likeness (QED) is 0.564. The van der Waals surface area contributed by atoms with Crippen molar-refractivity contribution in [1.82, 2.24) is 9.66 Å². The van der Waals surface area contributed by atoms with Crippen molar-refractivity contribution in [3.8, 4) is 0 Å². The molecule has 21 heavy (non-hydrogen) atoms. The van der Waals surface area contributed by atoms with E-state index >= 15 is 0 Å². The zero-order valence-corrected chi connectivity index (χ0v) is 17.1. The molecule has 1 heterocycles. The normalized spacial score (nSPS) is 15.7. The van der Waals surface area contributed by atoms with Gasteiger partial charge < -0.3 is 4.74 Å². The summed E-state index contributed by atoms with van der Waals surface area (Å²) < 4.78 is 9.39. The highest BCUT2D eigenvalue weighted by Crippen LogP contribution is 2.37. The van der Waals surface area contributed by atoms with Crippen molar-refractivity contribution in [3.05, 3.63) is 13.2 Å².